The molecule has 1 amide bonds. The number of hydrogen-bond acceptors (Lipinski definition) is 5. The minimum absolute atomic E-state index is 0.00867. The minimum Gasteiger partial charge on any atom is -0.474 e. The maximum absolute atomic E-state index is 13.7. The SMILES string of the molecule is C[C@H](Oc1ccc(Cl)cn1)[C@H]1CN(C(=O)C2CCN(c3ccc(CC=O)cc3)CC2)C[C@@H]1c1ccc(Cl)cc1. The maximum Gasteiger partial charge on any atom is 0.225 e. The number of amides is 1. The molecule has 2 aromatic carbocycles. The number of carbonyl (C=O) groups excluding carboxylic acids is 2. The first-order chi connectivity index (χ1) is 18.9. The van der Waals surface area contributed by atoms with Gasteiger partial charge in [0.25, 0.3) is 0 Å². The summed E-state index contributed by atoms with van der Waals surface area (Å²) in [6, 6.07) is 19.6. The fraction of sp³-hybridized carbons (Fsp3) is 0.387. The monoisotopic (exact) mass is 565 g/mol. The molecule has 0 N–H and O–H groups in total. The number of nitrogens with zero attached hydrogens (tertiary/aromatic N) is 3. The molecule has 39 heavy (non-hydrogen) atoms. The van der Waals surface area contributed by atoms with Crippen LogP contribution in [-0.2, 0) is 16.0 Å². The lowest BCUT2D eigenvalue weighted by Gasteiger charge is -2.34. The number of likely N-dealkylation sites (tertiary alicyclic amines) is 1. The van der Waals surface area contributed by atoms with Gasteiger partial charge in [0.1, 0.15) is 12.4 Å². The number of benzene rings is 2. The van der Waals surface area contributed by atoms with Crippen LogP contribution in [0.3, 0.4) is 0 Å². The molecule has 1 aromatic heterocycles. The molecule has 3 aromatic rings. The van der Waals surface area contributed by atoms with Gasteiger partial charge in [0, 0.05) is 73.3 Å². The Morgan fingerprint density at radius 1 is 1.00 bits per heavy atom. The van der Waals surface area contributed by atoms with E-state index in [1.165, 1.54) is 0 Å². The van der Waals surface area contributed by atoms with E-state index < -0.39 is 0 Å². The van der Waals surface area contributed by atoms with E-state index in [4.69, 9.17) is 27.9 Å². The second-order valence-corrected chi connectivity index (χ2v) is 11.4. The largest absolute Gasteiger partial charge is 0.474 e. The summed E-state index contributed by atoms with van der Waals surface area (Å²) in [5, 5.41) is 1.26. The Kier molecular flexibility index (Phi) is 8.73. The van der Waals surface area contributed by atoms with Crippen LogP contribution in [0.4, 0.5) is 5.69 Å². The van der Waals surface area contributed by atoms with Crippen molar-refractivity contribution in [3.8, 4) is 5.88 Å². The van der Waals surface area contributed by atoms with Gasteiger partial charge in [0.2, 0.25) is 11.8 Å². The van der Waals surface area contributed by atoms with Gasteiger partial charge in [-0.05, 0) is 61.2 Å². The van der Waals surface area contributed by atoms with Crippen LogP contribution in [0.15, 0.2) is 66.9 Å². The Labute approximate surface area is 239 Å². The number of carbonyl (C=O) groups is 2. The zero-order valence-electron chi connectivity index (χ0n) is 22.0. The normalized spacial score (nSPS) is 20.6. The summed E-state index contributed by atoms with van der Waals surface area (Å²) in [4.78, 5) is 33.2. The molecular weight excluding hydrogens is 533 g/mol. The van der Waals surface area contributed by atoms with Gasteiger partial charge in [-0.3, -0.25) is 4.79 Å². The summed E-state index contributed by atoms with van der Waals surface area (Å²) < 4.78 is 6.23. The van der Waals surface area contributed by atoms with Crippen LogP contribution in [-0.4, -0.2) is 54.4 Å². The van der Waals surface area contributed by atoms with E-state index >= 15 is 0 Å². The number of aromatic nitrogens is 1. The van der Waals surface area contributed by atoms with Crippen molar-refractivity contribution in [1.29, 1.82) is 0 Å². The van der Waals surface area contributed by atoms with Crippen molar-refractivity contribution in [3.05, 3.63) is 88.0 Å². The second-order valence-electron chi connectivity index (χ2n) is 10.5. The van der Waals surface area contributed by atoms with Crippen LogP contribution < -0.4 is 9.64 Å². The molecule has 0 spiro atoms. The molecule has 2 aliphatic rings. The van der Waals surface area contributed by atoms with Crippen LogP contribution in [0.25, 0.3) is 0 Å². The Hall–Kier alpha value is -3.09. The fourth-order valence-electron chi connectivity index (χ4n) is 5.84. The molecular formula is C31H33Cl2N3O3. The number of halogens is 2. The van der Waals surface area contributed by atoms with E-state index in [1.54, 1.807) is 18.3 Å². The van der Waals surface area contributed by atoms with Crippen molar-refractivity contribution < 1.29 is 14.3 Å². The van der Waals surface area contributed by atoms with Crippen molar-refractivity contribution in [2.45, 2.75) is 38.2 Å². The number of aldehydes is 1. The van der Waals surface area contributed by atoms with Crippen LogP contribution in [0.5, 0.6) is 5.88 Å². The van der Waals surface area contributed by atoms with E-state index in [0.717, 1.165) is 49.0 Å². The molecule has 2 aliphatic heterocycles. The average Bonchev–Trinajstić information content (AvgIpc) is 3.41. The van der Waals surface area contributed by atoms with Crippen molar-refractivity contribution in [2.24, 2.45) is 11.8 Å². The first-order valence-electron chi connectivity index (χ1n) is 13.5. The van der Waals surface area contributed by atoms with Gasteiger partial charge in [-0.25, -0.2) is 4.98 Å². The molecule has 0 unspecified atom stereocenters. The Bertz CT molecular complexity index is 1260. The minimum atomic E-state index is -0.152. The van der Waals surface area contributed by atoms with Crippen molar-refractivity contribution in [1.82, 2.24) is 9.88 Å². The van der Waals surface area contributed by atoms with Crippen LogP contribution >= 0.6 is 23.2 Å². The van der Waals surface area contributed by atoms with E-state index in [9.17, 15) is 9.59 Å². The molecule has 3 heterocycles. The highest BCUT2D eigenvalue weighted by atomic mass is 35.5. The van der Waals surface area contributed by atoms with Crippen LogP contribution in [0, 0.1) is 11.8 Å². The summed E-state index contributed by atoms with van der Waals surface area (Å²) in [6.07, 6.45) is 4.43. The Morgan fingerprint density at radius 2 is 1.69 bits per heavy atom. The lowest BCUT2D eigenvalue weighted by atomic mass is 9.86. The standard InChI is InChI=1S/C31H33Cl2N3O3/c1-21(39-30-11-8-26(33)18-34-30)28-19-36(20-29(28)23-4-6-25(32)7-5-23)31(38)24-12-15-35(16-13-24)27-9-2-22(3-10-27)14-17-37/h2-11,17-18,21,24,28-29H,12-16,19-20H2,1H3/t21-,28+,29+/m0/s1. The summed E-state index contributed by atoms with van der Waals surface area (Å²) in [5.74, 6) is 1.01. The molecule has 2 saturated heterocycles. The van der Waals surface area contributed by atoms with Gasteiger partial charge in [-0.2, -0.15) is 0 Å². The smallest absolute Gasteiger partial charge is 0.225 e. The first kappa shape index (κ1) is 27.5. The van der Waals surface area contributed by atoms with Gasteiger partial charge in [-0.1, -0.05) is 47.5 Å². The van der Waals surface area contributed by atoms with Gasteiger partial charge in [0.05, 0.1) is 5.02 Å². The van der Waals surface area contributed by atoms with Gasteiger partial charge in [0.15, 0.2) is 0 Å². The van der Waals surface area contributed by atoms with E-state index in [1.807, 2.05) is 29.2 Å². The van der Waals surface area contributed by atoms with Crippen molar-refractivity contribution in [3.63, 3.8) is 0 Å². The summed E-state index contributed by atoms with van der Waals surface area (Å²) >= 11 is 12.2. The predicted octanol–water partition coefficient (Wildman–Crippen LogP) is 6.06. The number of pyridine rings is 1. The van der Waals surface area contributed by atoms with Crippen molar-refractivity contribution >= 4 is 41.1 Å². The highest BCUT2D eigenvalue weighted by Gasteiger charge is 2.42. The molecule has 0 aliphatic carbocycles. The zero-order chi connectivity index (χ0) is 27.4. The van der Waals surface area contributed by atoms with E-state index in [0.29, 0.717) is 35.4 Å². The number of piperidine rings is 1. The highest BCUT2D eigenvalue weighted by Crippen LogP contribution is 2.38. The molecule has 5 rings (SSSR count). The third-order valence-corrected chi connectivity index (χ3v) is 8.53. The lowest BCUT2D eigenvalue weighted by Crippen LogP contribution is -2.42. The number of rotatable bonds is 8. The number of ether oxygens (including phenoxy) is 1. The first-order valence-corrected chi connectivity index (χ1v) is 14.3. The van der Waals surface area contributed by atoms with Gasteiger partial charge >= 0.3 is 0 Å². The number of anilines is 1. The third kappa shape index (κ3) is 6.56. The third-order valence-electron chi connectivity index (χ3n) is 8.05. The summed E-state index contributed by atoms with van der Waals surface area (Å²) in [6.45, 7) is 5.02. The topological polar surface area (TPSA) is 62.7 Å². The van der Waals surface area contributed by atoms with E-state index in [-0.39, 0.29) is 29.8 Å². The molecule has 6 nitrogen and oxygen atoms in total. The molecule has 3 atom stereocenters. The van der Waals surface area contributed by atoms with Crippen molar-refractivity contribution in [2.75, 3.05) is 31.1 Å². The fourth-order valence-corrected chi connectivity index (χ4v) is 6.08. The quantitative estimate of drug-likeness (QED) is 0.311. The molecule has 0 radical (unpaired) electrons. The average molecular weight is 567 g/mol. The molecule has 0 saturated carbocycles. The zero-order valence-corrected chi connectivity index (χ0v) is 23.5. The Morgan fingerprint density at radius 3 is 2.33 bits per heavy atom. The Balaban J connectivity index is 1.25. The highest BCUT2D eigenvalue weighted by molar-refractivity contribution is 6.30. The molecule has 0 bridgehead atoms. The molecule has 2 fully saturated rings. The molecule has 8 heteroatoms. The summed E-state index contributed by atoms with van der Waals surface area (Å²) in [5.41, 5.74) is 3.32. The lowest BCUT2D eigenvalue weighted by molar-refractivity contribution is -0.135. The van der Waals surface area contributed by atoms with Crippen LogP contribution in [0.2, 0.25) is 10.0 Å². The molecule has 204 valence electrons. The van der Waals surface area contributed by atoms with Crippen LogP contribution in [0.1, 0.15) is 36.8 Å². The number of hydrogen-bond donors (Lipinski definition) is 0. The maximum atomic E-state index is 13.7. The second kappa shape index (κ2) is 12.4. The summed E-state index contributed by atoms with van der Waals surface area (Å²) in [7, 11) is 0. The predicted molar refractivity (Wildman–Crippen MR) is 155 cm³/mol. The van der Waals surface area contributed by atoms with Gasteiger partial charge in [-0.15, -0.1) is 0 Å². The van der Waals surface area contributed by atoms with Gasteiger partial charge < -0.3 is 19.3 Å². The van der Waals surface area contributed by atoms with E-state index in [2.05, 4.69) is 41.1 Å².